The molecule has 3 aromatic carbocycles. The maximum absolute atomic E-state index is 13.6. The lowest BCUT2D eigenvalue weighted by Crippen LogP contribution is -2.47. The van der Waals surface area contributed by atoms with Gasteiger partial charge in [-0.15, -0.1) is 0 Å². The van der Waals surface area contributed by atoms with Crippen molar-refractivity contribution >= 4 is 33.6 Å². The number of imide groups is 1. The van der Waals surface area contributed by atoms with Crippen molar-refractivity contribution in [3.63, 3.8) is 0 Å². The maximum atomic E-state index is 13.6. The standard InChI is InChI=1S/C25H19N3O3/c29-23-25(13-14-31-22-12-6-4-10-19(22)25)27-24(30)28(23)15-21-18-9-2-1-7-16(18)17-8-3-5-11-20(17)26-21/h1-12H,13-15H2,(H,27,30). The number of para-hydroxylation sites is 2. The lowest BCUT2D eigenvalue weighted by Gasteiger charge is -2.33. The zero-order chi connectivity index (χ0) is 21.0. The van der Waals surface area contributed by atoms with Crippen molar-refractivity contribution in [2.45, 2.75) is 18.5 Å². The summed E-state index contributed by atoms with van der Waals surface area (Å²) in [6.45, 7) is 0.481. The predicted octanol–water partition coefficient (Wildman–Crippen LogP) is 4.12. The van der Waals surface area contributed by atoms with E-state index in [4.69, 9.17) is 9.72 Å². The molecule has 1 saturated heterocycles. The number of fused-ring (bicyclic) bond motifs is 5. The number of pyridine rings is 1. The summed E-state index contributed by atoms with van der Waals surface area (Å²) in [6.07, 6.45) is 0.400. The van der Waals surface area contributed by atoms with Crippen LogP contribution in [-0.4, -0.2) is 28.4 Å². The van der Waals surface area contributed by atoms with Crippen molar-refractivity contribution < 1.29 is 14.3 Å². The zero-order valence-electron chi connectivity index (χ0n) is 16.7. The van der Waals surface area contributed by atoms with Crippen molar-refractivity contribution in [2.24, 2.45) is 0 Å². The van der Waals surface area contributed by atoms with Crippen LogP contribution in [0.1, 0.15) is 17.7 Å². The predicted molar refractivity (Wildman–Crippen MR) is 117 cm³/mol. The monoisotopic (exact) mass is 409 g/mol. The van der Waals surface area contributed by atoms with Crippen molar-refractivity contribution in [3.05, 3.63) is 84.1 Å². The molecule has 2 aliphatic rings. The molecule has 0 aliphatic carbocycles. The number of rotatable bonds is 2. The SMILES string of the molecule is O=C1NC2(CCOc3ccccc32)C(=O)N1Cc1nc2ccccc2c2ccccc12. The Morgan fingerprint density at radius 2 is 1.61 bits per heavy atom. The van der Waals surface area contributed by atoms with Crippen LogP contribution in [0.3, 0.4) is 0 Å². The minimum Gasteiger partial charge on any atom is -0.493 e. The highest BCUT2D eigenvalue weighted by atomic mass is 16.5. The number of carbonyl (C=O) groups is 2. The van der Waals surface area contributed by atoms with Gasteiger partial charge in [0.05, 0.1) is 24.4 Å². The van der Waals surface area contributed by atoms with Gasteiger partial charge < -0.3 is 10.1 Å². The molecular formula is C25H19N3O3. The van der Waals surface area contributed by atoms with Gasteiger partial charge in [0.2, 0.25) is 0 Å². The summed E-state index contributed by atoms with van der Waals surface area (Å²) in [6, 6.07) is 22.9. The van der Waals surface area contributed by atoms with Gasteiger partial charge in [0, 0.05) is 22.8 Å². The van der Waals surface area contributed by atoms with Crippen LogP contribution in [0.5, 0.6) is 5.75 Å². The van der Waals surface area contributed by atoms with Crippen LogP contribution in [0.15, 0.2) is 72.8 Å². The van der Waals surface area contributed by atoms with Crippen LogP contribution in [0, 0.1) is 0 Å². The van der Waals surface area contributed by atoms with E-state index in [-0.39, 0.29) is 12.5 Å². The van der Waals surface area contributed by atoms with Gasteiger partial charge in [-0.3, -0.25) is 14.7 Å². The summed E-state index contributed by atoms with van der Waals surface area (Å²) >= 11 is 0. The molecule has 3 amide bonds. The third-order valence-corrected chi connectivity index (χ3v) is 6.25. The van der Waals surface area contributed by atoms with Gasteiger partial charge in [0.25, 0.3) is 5.91 Å². The Bertz CT molecular complexity index is 1380. The Kier molecular flexibility index (Phi) is 3.77. The number of ether oxygens (including phenoxy) is 1. The molecule has 2 aliphatic heterocycles. The number of amides is 3. The summed E-state index contributed by atoms with van der Waals surface area (Å²) < 4.78 is 5.72. The first-order chi connectivity index (χ1) is 15.2. The number of nitrogens with zero attached hydrogens (tertiary/aromatic N) is 2. The Hall–Kier alpha value is -3.93. The number of carbonyl (C=O) groups excluding carboxylic acids is 2. The van der Waals surface area contributed by atoms with Crippen LogP contribution in [0.2, 0.25) is 0 Å². The molecule has 1 fully saturated rings. The fourth-order valence-corrected chi connectivity index (χ4v) is 4.76. The number of nitrogens with one attached hydrogen (secondary N) is 1. The molecule has 1 unspecified atom stereocenters. The smallest absolute Gasteiger partial charge is 0.325 e. The van der Waals surface area contributed by atoms with Gasteiger partial charge in [-0.2, -0.15) is 0 Å². The Morgan fingerprint density at radius 1 is 0.903 bits per heavy atom. The van der Waals surface area contributed by atoms with Crippen molar-refractivity contribution in [1.82, 2.24) is 15.2 Å². The highest BCUT2D eigenvalue weighted by Crippen LogP contribution is 2.41. The van der Waals surface area contributed by atoms with Gasteiger partial charge in [-0.05, 0) is 17.5 Å². The first kappa shape index (κ1) is 17.9. The van der Waals surface area contributed by atoms with E-state index in [0.29, 0.717) is 30.0 Å². The van der Waals surface area contributed by atoms with Crippen LogP contribution in [0.4, 0.5) is 4.79 Å². The van der Waals surface area contributed by atoms with Gasteiger partial charge >= 0.3 is 6.03 Å². The number of urea groups is 1. The molecule has 4 aromatic rings. The minimum absolute atomic E-state index is 0.112. The molecule has 1 spiro atoms. The first-order valence-electron chi connectivity index (χ1n) is 10.3. The topological polar surface area (TPSA) is 71.5 Å². The van der Waals surface area contributed by atoms with Gasteiger partial charge in [0.1, 0.15) is 5.75 Å². The van der Waals surface area contributed by atoms with Gasteiger partial charge in [-0.25, -0.2) is 4.79 Å². The third kappa shape index (κ3) is 2.54. The van der Waals surface area contributed by atoms with Crippen LogP contribution < -0.4 is 10.1 Å². The molecule has 0 radical (unpaired) electrons. The Balaban J connectivity index is 1.45. The van der Waals surface area contributed by atoms with Crippen molar-refractivity contribution in [3.8, 4) is 5.75 Å². The molecule has 3 heterocycles. The van der Waals surface area contributed by atoms with Gasteiger partial charge in [0.15, 0.2) is 5.54 Å². The number of hydrogen-bond acceptors (Lipinski definition) is 4. The van der Waals surface area contributed by atoms with E-state index >= 15 is 0 Å². The molecule has 152 valence electrons. The lowest BCUT2D eigenvalue weighted by molar-refractivity contribution is -0.133. The van der Waals surface area contributed by atoms with Crippen molar-refractivity contribution in [2.75, 3.05) is 6.61 Å². The van der Waals surface area contributed by atoms with E-state index in [9.17, 15) is 9.59 Å². The molecule has 0 bridgehead atoms. The normalized spacial score (nSPS) is 20.2. The molecule has 1 atom stereocenters. The largest absolute Gasteiger partial charge is 0.493 e. The third-order valence-electron chi connectivity index (χ3n) is 6.25. The highest BCUT2D eigenvalue weighted by Gasteiger charge is 2.54. The van der Waals surface area contributed by atoms with Crippen LogP contribution >= 0.6 is 0 Å². The Morgan fingerprint density at radius 3 is 2.48 bits per heavy atom. The Labute approximate surface area is 178 Å². The second-order valence-electron chi connectivity index (χ2n) is 7.94. The van der Waals surface area contributed by atoms with E-state index in [1.807, 2.05) is 72.8 Å². The number of hydrogen-bond donors (Lipinski definition) is 1. The summed E-state index contributed by atoms with van der Waals surface area (Å²) in [7, 11) is 0. The highest BCUT2D eigenvalue weighted by molar-refractivity contribution is 6.09. The second kappa shape index (κ2) is 6.54. The average molecular weight is 409 g/mol. The lowest BCUT2D eigenvalue weighted by atomic mass is 9.84. The molecule has 6 heteroatoms. The second-order valence-corrected chi connectivity index (χ2v) is 7.94. The summed E-state index contributed by atoms with van der Waals surface area (Å²) in [4.78, 5) is 32.7. The summed E-state index contributed by atoms with van der Waals surface area (Å²) in [5.74, 6) is 0.380. The van der Waals surface area contributed by atoms with E-state index in [0.717, 1.165) is 21.7 Å². The molecule has 6 nitrogen and oxygen atoms in total. The van der Waals surface area contributed by atoms with Crippen molar-refractivity contribution in [1.29, 1.82) is 0 Å². The summed E-state index contributed by atoms with van der Waals surface area (Å²) in [5, 5.41) is 6.01. The van der Waals surface area contributed by atoms with Gasteiger partial charge in [-0.1, -0.05) is 60.7 Å². The first-order valence-corrected chi connectivity index (χ1v) is 10.3. The maximum Gasteiger partial charge on any atom is 0.325 e. The quantitative estimate of drug-likeness (QED) is 0.399. The zero-order valence-corrected chi connectivity index (χ0v) is 16.7. The molecule has 1 aromatic heterocycles. The van der Waals surface area contributed by atoms with Crippen LogP contribution in [0.25, 0.3) is 21.7 Å². The fraction of sp³-hybridized carbons (Fsp3) is 0.160. The van der Waals surface area contributed by atoms with E-state index in [1.165, 1.54) is 4.90 Å². The fourth-order valence-electron chi connectivity index (χ4n) is 4.76. The van der Waals surface area contributed by atoms with E-state index in [1.54, 1.807) is 0 Å². The van der Waals surface area contributed by atoms with Crippen LogP contribution in [-0.2, 0) is 16.9 Å². The average Bonchev–Trinajstić information content (AvgIpc) is 3.04. The summed E-state index contributed by atoms with van der Waals surface area (Å²) in [5.41, 5.74) is 1.17. The molecule has 1 N–H and O–H groups in total. The molecule has 6 rings (SSSR count). The number of benzene rings is 3. The minimum atomic E-state index is -1.08. The molecule has 0 saturated carbocycles. The molecular weight excluding hydrogens is 390 g/mol. The molecule has 31 heavy (non-hydrogen) atoms. The van der Waals surface area contributed by atoms with E-state index in [2.05, 4.69) is 5.32 Å². The van der Waals surface area contributed by atoms with E-state index < -0.39 is 11.6 Å². The number of aromatic nitrogens is 1.